The smallest absolute Gasteiger partial charge is 0.220 e. The normalized spacial score (nSPS) is 42.6. The second-order valence-electron chi connectivity index (χ2n) is 10.9. The first-order chi connectivity index (χ1) is 13.2. The van der Waals surface area contributed by atoms with Crippen LogP contribution in [-0.4, -0.2) is 35.0 Å². The number of nitrogens with one attached hydrogen (secondary N) is 1. The summed E-state index contributed by atoms with van der Waals surface area (Å²) in [6.45, 7) is 4.27. The van der Waals surface area contributed by atoms with Crippen LogP contribution in [0, 0.1) is 29.6 Å². The summed E-state index contributed by atoms with van der Waals surface area (Å²) in [5.74, 6) is 2.17. The molecular weight excluding hydrogens is 356 g/mol. The molecule has 28 heavy (non-hydrogen) atoms. The van der Waals surface area contributed by atoms with E-state index < -0.39 is 11.3 Å². The number of aliphatic hydroxyl groups is 1. The first-order valence-corrected chi connectivity index (χ1v) is 11.3. The fourth-order valence-electron chi connectivity index (χ4n) is 6.25. The summed E-state index contributed by atoms with van der Waals surface area (Å²) in [6, 6.07) is 0. The Morgan fingerprint density at radius 2 is 1.68 bits per heavy atom. The lowest BCUT2D eigenvalue weighted by Crippen LogP contribution is -2.50. The molecule has 0 radical (unpaired) electrons. The molecule has 4 bridgehead atoms. The van der Waals surface area contributed by atoms with Crippen LogP contribution in [0.5, 0.6) is 0 Å². The Labute approximate surface area is 168 Å². The largest absolute Gasteiger partial charge is 0.363 e. The first kappa shape index (κ1) is 20.6. The summed E-state index contributed by atoms with van der Waals surface area (Å²) < 4.78 is 0. The molecule has 0 aromatic heterocycles. The van der Waals surface area contributed by atoms with E-state index in [1.807, 2.05) is 13.8 Å². The van der Waals surface area contributed by atoms with Gasteiger partial charge >= 0.3 is 0 Å². The van der Waals surface area contributed by atoms with Crippen molar-refractivity contribution in [3.8, 4) is 0 Å². The zero-order chi connectivity index (χ0) is 19.9. The van der Waals surface area contributed by atoms with Crippen LogP contribution < -0.4 is 11.1 Å². The van der Waals surface area contributed by atoms with E-state index >= 15 is 0 Å². The maximum atomic E-state index is 12.1. The molecule has 5 aliphatic rings. The molecule has 0 saturated heterocycles. The van der Waals surface area contributed by atoms with Crippen molar-refractivity contribution < 1.29 is 19.7 Å². The van der Waals surface area contributed by atoms with E-state index in [0.29, 0.717) is 37.6 Å². The standard InChI is InChI=1S/C22H38N2O4/c1-21(2,23)13-24-19(25)12-14-3-5-22(26,6-4-14)28-27-20-17-8-15-7-16(10-17)11-18(20)9-15/h14-18,20,26H,3-13,23H2,1-2H3,(H,24,25). The second kappa shape index (κ2) is 7.86. The summed E-state index contributed by atoms with van der Waals surface area (Å²) in [7, 11) is 0. The summed E-state index contributed by atoms with van der Waals surface area (Å²) in [5, 5.41) is 13.7. The summed E-state index contributed by atoms with van der Waals surface area (Å²) in [4.78, 5) is 23.7. The van der Waals surface area contributed by atoms with Crippen LogP contribution in [0.4, 0.5) is 0 Å². The summed E-state index contributed by atoms with van der Waals surface area (Å²) in [6.07, 6.45) is 9.78. The molecule has 5 saturated carbocycles. The van der Waals surface area contributed by atoms with Gasteiger partial charge in [-0.1, -0.05) is 0 Å². The topological polar surface area (TPSA) is 93.8 Å². The molecule has 160 valence electrons. The van der Waals surface area contributed by atoms with E-state index in [0.717, 1.165) is 24.7 Å². The Morgan fingerprint density at radius 3 is 2.21 bits per heavy atom. The Morgan fingerprint density at radius 1 is 1.11 bits per heavy atom. The van der Waals surface area contributed by atoms with E-state index in [1.54, 1.807) is 0 Å². The van der Waals surface area contributed by atoms with Crippen molar-refractivity contribution >= 4 is 5.91 Å². The van der Waals surface area contributed by atoms with Crippen molar-refractivity contribution in [1.29, 1.82) is 0 Å². The molecule has 5 rings (SSSR count). The van der Waals surface area contributed by atoms with Gasteiger partial charge in [-0.15, -0.1) is 0 Å². The number of carbonyl (C=O) groups excluding carboxylic acids is 1. The molecule has 5 fully saturated rings. The van der Waals surface area contributed by atoms with Crippen LogP contribution in [0.3, 0.4) is 0 Å². The number of hydrogen-bond acceptors (Lipinski definition) is 5. The highest BCUT2D eigenvalue weighted by Gasteiger charge is 2.50. The molecule has 6 heteroatoms. The van der Waals surface area contributed by atoms with Crippen molar-refractivity contribution in [1.82, 2.24) is 5.32 Å². The van der Waals surface area contributed by atoms with Crippen molar-refractivity contribution in [2.24, 2.45) is 35.3 Å². The van der Waals surface area contributed by atoms with Gasteiger partial charge in [0, 0.05) is 31.3 Å². The van der Waals surface area contributed by atoms with Crippen LogP contribution in [0.1, 0.15) is 78.1 Å². The SMILES string of the molecule is CC(C)(N)CNC(=O)CC1CCC(O)(OOC2C3CC4CC(C3)CC2C4)CC1. The lowest BCUT2D eigenvalue weighted by Gasteiger charge is -2.53. The van der Waals surface area contributed by atoms with Crippen LogP contribution >= 0.6 is 0 Å². The van der Waals surface area contributed by atoms with Gasteiger partial charge in [-0.2, -0.15) is 0 Å². The number of amides is 1. The average molecular weight is 395 g/mol. The van der Waals surface area contributed by atoms with Crippen molar-refractivity contribution in [2.75, 3.05) is 6.54 Å². The van der Waals surface area contributed by atoms with E-state index in [2.05, 4.69) is 5.32 Å². The van der Waals surface area contributed by atoms with Gasteiger partial charge in [-0.3, -0.25) is 4.79 Å². The van der Waals surface area contributed by atoms with E-state index in [4.69, 9.17) is 15.5 Å². The van der Waals surface area contributed by atoms with Gasteiger partial charge < -0.3 is 16.2 Å². The number of rotatable bonds is 7. The number of hydrogen-bond donors (Lipinski definition) is 3. The third kappa shape index (κ3) is 4.89. The third-order valence-corrected chi connectivity index (χ3v) is 7.56. The first-order valence-electron chi connectivity index (χ1n) is 11.3. The molecular formula is C22H38N2O4. The molecule has 0 aromatic rings. The summed E-state index contributed by atoms with van der Waals surface area (Å²) >= 11 is 0. The van der Waals surface area contributed by atoms with E-state index in [9.17, 15) is 9.90 Å². The number of nitrogens with two attached hydrogens (primary N) is 1. The van der Waals surface area contributed by atoms with Crippen molar-refractivity contribution in [3.63, 3.8) is 0 Å². The van der Waals surface area contributed by atoms with Gasteiger partial charge in [0.1, 0.15) is 0 Å². The zero-order valence-electron chi connectivity index (χ0n) is 17.5. The minimum atomic E-state index is -1.19. The molecule has 0 spiro atoms. The molecule has 0 aromatic carbocycles. The third-order valence-electron chi connectivity index (χ3n) is 7.56. The maximum Gasteiger partial charge on any atom is 0.220 e. The Hall–Kier alpha value is -0.690. The molecule has 0 aliphatic heterocycles. The Bertz CT molecular complexity index is 537. The van der Waals surface area contributed by atoms with Crippen molar-refractivity contribution in [3.05, 3.63) is 0 Å². The second-order valence-corrected chi connectivity index (χ2v) is 10.9. The molecule has 0 unspecified atom stereocenters. The molecule has 0 atom stereocenters. The summed E-state index contributed by atoms with van der Waals surface area (Å²) in [5.41, 5.74) is 5.52. The molecule has 1 amide bonds. The van der Waals surface area contributed by atoms with Crippen molar-refractivity contribution in [2.45, 2.75) is 95.5 Å². The van der Waals surface area contributed by atoms with Crippen LogP contribution in [-0.2, 0) is 14.6 Å². The van der Waals surface area contributed by atoms with Gasteiger partial charge in [0.15, 0.2) is 5.79 Å². The molecule has 6 nitrogen and oxygen atoms in total. The van der Waals surface area contributed by atoms with Crippen LogP contribution in [0.15, 0.2) is 0 Å². The highest BCUT2D eigenvalue weighted by atomic mass is 17.2. The minimum Gasteiger partial charge on any atom is -0.363 e. The quantitative estimate of drug-likeness (QED) is 0.351. The number of carbonyl (C=O) groups is 1. The predicted molar refractivity (Wildman–Crippen MR) is 106 cm³/mol. The lowest BCUT2D eigenvalue weighted by molar-refractivity contribution is -0.459. The predicted octanol–water partition coefficient (Wildman–Crippen LogP) is 2.88. The van der Waals surface area contributed by atoms with E-state index in [-0.39, 0.29) is 17.9 Å². The van der Waals surface area contributed by atoms with E-state index in [1.165, 1.54) is 32.1 Å². The van der Waals surface area contributed by atoms with Crippen LogP contribution in [0.25, 0.3) is 0 Å². The highest BCUT2D eigenvalue weighted by Crippen LogP contribution is 2.55. The lowest BCUT2D eigenvalue weighted by atomic mass is 9.55. The van der Waals surface area contributed by atoms with Gasteiger partial charge in [0.05, 0.1) is 6.10 Å². The minimum absolute atomic E-state index is 0.0414. The molecule has 0 heterocycles. The Balaban J connectivity index is 1.19. The van der Waals surface area contributed by atoms with Gasteiger partial charge in [-0.25, -0.2) is 9.78 Å². The molecule has 4 N–H and O–H groups in total. The molecule has 5 aliphatic carbocycles. The van der Waals surface area contributed by atoms with Crippen LogP contribution in [0.2, 0.25) is 0 Å². The van der Waals surface area contributed by atoms with Gasteiger partial charge in [0.2, 0.25) is 5.91 Å². The highest BCUT2D eigenvalue weighted by molar-refractivity contribution is 5.76. The monoisotopic (exact) mass is 394 g/mol. The maximum absolute atomic E-state index is 12.1. The fourth-order valence-corrected chi connectivity index (χ4v) is 6.25. The zero-order valence-corrected chi connectivity index (χ0v) is 17.5. The van der Waals surface area contributed by atoms with Gasteiger partial charge in [-0.05, 0) is 88.4 Å². The Kier molecular flexibility index (Phi) is 5.78. The fraction of sp³-hybridized carbons (Fsp3) is 0.955. The van der Waals surface area contributed by atoms with Gasteiger partial charge in [0.25, 0.3) is 0 Å². The average Bonchev–Trinajstić information content (AvgIpc) is 2.60.